The zero-order chi connectivity index (χ0) is 14.5. The Labute approximate surface area is 123 Å². The monoisotopic (exact) mass is 281 g/mol. The maximum atomic E-state index is 10.7. The number of hydrogen-bond donors (Lipinski definition) is 1. The predicted octanol–water partition coefficient (Wildman–Crippen LogP) is 3.78. The Bertz CT molecular complexity index is 308. The number of piperidine rings is 1. The lowest BCUT2D eigenvalue weighted by atomic mass is 9.76. The molecular formula is C17H31NO2. The van der Waals surface area contributed by atoms with Gasteiger partial charge in [0.25, 0.3) is 0 Å². The first kappa shape index (κ1) is 15.8. The Morgan fingerprint density at radius 1 is 1.15 bits per heavy atom. The van der Waals surface area contributed by atoms with E-state index in [0.29, 0.717) is 12.3 Å². The van der Waals surface area contributed by atoms with Crippen molar-refractivity contribution in [2.75, 3.05) is 13.1 Å². The van der Waals surface area contributed by atoms with Gasteiger partial charge in [-0.25, -0.2) is 0 Å². The largest absolute Gasteiger partial charge is 0.481 e. The second-order valence-corrected chi connectivity index (χ2v) is 7.17. The number of likely N-dealkylation sites (tertiary alicyclic amines) is 1. The topological polar surface area (TPSA) is 40.5 Å². The van der Waals surface area contributed by atoms with Gasteiger partial charge in [0.2, 0.25) is 0 Å². The molecule has 0 aromatic rings. The van der Waals surface area contributed by atoms with Crippen LogP contribution >= 0.6 is 0 Å². The van der Waals surface area contributed by atoms with Gasteiger partial charge >= 0.3 is 5.97 Å². The van der Waals surface area contributed by atoms with Crippen molar-refractivity contribution in [2.24, 2.45) is 17.8 Å². The minimum absolute atomic E-state index is 0.350. The first-order valence-electron chi connectivity index (χ1n) is 8.53. The summed E-state index contributed by atoms with van der Waals surface area (Å²) in [5.74, 6) is 1.67. The summed E-state index contributed by atoms with van der Waals surface area (Å²) in [6.07, 6.45) is 9.22. The van der Waals surface area contributed by atoms with Crippen LogP contribution in [0.1, 0.15) is 65.2 Å². The molecule has 1 saturated heterocycles. The van der Waals surface area contributed by atoms with E-state index >= 15 is 0 Å². The number of nitrogens with zero attached hydrogens (tertiary/aromatic N) is 1. The molecule has 0 aromatic heterocycles. The summed E-state index contributed by atoms with van der Waals surface area (Å²) in [7, 11) is 0. The van der Waals surface area contributed by atoms with E-state index in [1.165, 1.54) is 51.6 Å². The van der Waals surface area contributed by atoms with E-state index in [4.69, 9.17) is 5.11 Å². The fourth-order valence-electron chi connectivity index (χ4n) is 4.27. The summed E-state index contributed by atoms with van der Waals surface area (Å²) in [5.41, 5.74) is 0. The molecule has 2 atom stereocenters. The van der Waals surface area contributed by atoms with Gasteiger partial charge in [-0.3, -0.25) is 4.79 Å². The second kappa shape index (κ2) is 7.44. The van der Waals surface area contributed by atoms with Crippen molar-refractivity contribution in [1.82, 2.24) is 4.90 Å². The van der Waals surface area contributed by atoms with E-state index in [2.05, 4.69) is 18.7 Å². The van der Waals surface area contributed by atoms with Gasteiger partial charge in [-0.05, 0) is 62.9 Å². The highest BCUT2D eigenvalue weighted by molar-refractivity contribution is 5.66. The summed E-state index contributed by atoms with van der Waals surface area (Å²) < 4.78 is 0. The molecule has 1 aliphatic carbocycles. The molecule has 0 amide bonds. The lowest BCUT2D eigenvalue weighted by molar-refractivity contribution is -0.137. The average molecular weight is 281 g/mol. The van der Waals surface area contributed by atoms with Gasteiger partial charge < -0.3 is 10.0 Å². The van der Waals surface area contributed by atoms with Crippen LogP contribution in [-0.2, 0) is 4.79 Å². The smallest absolute Gasteiger partial charge is 0.303 e. The fourth-order valence-corrected chi connectivity index (χ4v) is 4.27. The number of carbonyl (C=O) groups is 1. The molecule has 0 aromatic carbocycles. The summed E-state index contributed by atoms with van der Waals surface area (Å²) in [6.45, 7) is 7.14. The Balaban J connectivity index is 1.81. The van der Waals surface area contributed by atoms with Crippen LogP contribution in [0.15, 0.2) is 0 Å². The molecule has 1 saturated carbocycles. The maximum Gasteiger partial charge on any atom is 0.303 e. The molecule has 2 aliphatic rings. The number of hydrogen-bond acceptors (Lipinski definition) is 2. The van der Waals surface area contributed by atoms with Crippen LogP contribution in [0.3, 0.4) is 0 Å². The van der Waals surface area contributed by atoms with E-state index in [0.717, 1.165) is 24.3 Å². The lowest BCUT2D eigenvalue weighted by Gasteiger charge is -2.45. The van der Waals surface area contributed by atoms with Crippen molar-refractivity contribution in [3.63, 3.8) is 0 Å². The van der Waals surface area contributed by atoms with Gasteiger partial charge in [0.15, 0.2) is 0 Å². The number of carboxylic acid groups (broad SMARTS) is 1. The quantitative estimate of drug-likeness (QED) is 0.833. The van der Waals surface area contributed by atoms with Crippen LogP contribution in [0, 0.1) is 17.8 Å². The van der Waals surface area contributed by atoms with Crippen LogP contribution in [0.4, 0.5) is 0 Å². The highest BCUT2D eigenvalue weighted by Crippen LogP contribution is 2.35. The van der Waals surface area contributed by atoms with Crippen LogP contribution in [0.25, 0.3) is 0 Å². The normalized spacial score (nSPS) is 29.8. The Morgan fingerprint density at radius 2 is 1.80 bits per heavy atom. The minimum atomic E-state index is -0.639. The predicted molar refractivity (Wildman–Crippen MR) is 81.8 cm³/mol. The summed E-state index contributed by atoms with van der Waals surface area (Å²) in [5, 5.41) is 8.79. The Kier molecular flexibility index (Phi) is 5.88. The molecule has 116 valence electrons. The summed E-state index contributed by atoms with van der Waals surface area (Å²) in [6, 6.07) is 0.796. The van der Waals surface area contributed by atoms with Crippen molar-refractivity contribution >= 4 is 5.97 Å². The van der Waals surface area contributed by atoms with Crippen molar-refractivity contribution in [1.29, 1.82) is 0 Å². The van der Waals surface area contributed by atoms with Gasteiger partial charge in [-0.1, -0.05) is 26.7 Å². The van der Waals surface area contributed by atoms with Crippen LogP contribution in [-0.4, -0.2) is 35.1 Å². The van der Waals surface area contributed by atoms with Gasteiger partial charge in [0, 0.05) is 12.5 Å². The van der Waals surface area contributed by atoms with Gasteiger partial charge in [-0.2, -0.15) is 0 Å². The average Bonchev–Trinajstić information content (AvgIpc) is 2.45. The van der Waals surface area contributed by atoms with Crippen LogP contribution in [0.2, 0.25) is 0 Å². The highest BCUT2D eigenvalue weighted by atomic mass is 16.4. The second-order valence-electron chi connectivity index (χ2n) is 7.17. The third-order valence-corrected chi connectivity index (χ3v) is 5.52. The zero-order valence-corrected chi connectivity index (χ0v) is 13.2. The first-order chi connectivity index (χ1) is 9.58. The van der Waals surface area contributed by atoms with Gasteiger partial charge in [0.1, 0.15) is 0 Å². The Morgan fingerprint density at radius 3 is 2.40 bits per heavy atom. The van der Waals surface area contributed by atoms with Crippen LogP contribution in [0.5, 0.6) is 0 Å². The number of aliphatic carboxylic acids is 1. The van der Waals surface area contributed by atoms with E-state index in [-0.39, 0.29) is 0 Å². The van der Waals surface area contributed by atoms with Crippen molar-refractivity contribution in [2.45, 2.75) is 71.3 Å². The molecule has 2 unspecified atom stereocenters. The van der Waals surface area contributed by atoms with Crippen molar-refractivity contribution < 1.29 is 9.90 Å². The summed E-state index contributed by atoms with van der Waals surface area (Å²) in [4.78, 5) is 13.4. The molecule has 3 nitrogen and oxygen atoms in total. The fraction of sp³-hybridized carbons (Fsp3) is 0.941. The minimum Gasteiger partial charge on any atom is -0.481 e. The highest BCUT2D eigenvalue weighted by Gasteiger charge is 2.33. The first-order valence-corrected chi connectivity index (χ1v) is 8.53. The summed E-state index contributed by atoms with van der Waals surface area (Å²) >= 11 is 0. The van der Waals surface area contributed by atoms with Gasteiger partial charge in [0.05, 0.1) is 0 Å². The molecule has 3 heteroatoms. The SMILES string of the molecule is CC(C)C1CCCCC1N1CCC(CCC(=O)O)CC1. The van der Waals surface area contributed by atoms with E-state index < -0.39 is 5.97 Å². The van der Waals surface area contributed by atoms with Crippen molar-refractivity contribution in [3.05, 3.63) is 0 Å². The van der Waals surface area contributed by atoms with Crippen molar-refractivity contribution in [3.8, 4) is 0 Å². The zero-order valence-electron chi connectivity index (χ0n) is 13.2. The molecule has 1 heterocycles. The standard InChI is InChI=1S/C17H31NO2/c1-13(2)15-5-3-4-6-16(15)18-11-9-14(10-12-18)7-8-17(19)20/h13-16H,3-12H2,1-2H3,(H,19,20). The third kappa shape index (κ3) is 4.21. The molecule has 1 aliphatic heterocycles. The molecule has 20 heavy (non-hydrogen) atoms. The molecule has 0 spiro atoms. The maximum absolute atomic E-state index is 10.7. The molecule has 2 fully saturated rings. The lowest BCUT2D eigenvalue weighted by Crippen LogP contribution is -2.47. The number of carboxylic acids is 1. The Hall–Kier alpha value is -0.570. The molecule has 2 rings (SSSR count). The van der Waals surface area contributed by atoms with E-state index in [1.807, 2.05) is 0 Å². The van der Waals surface area contributed by atoms with Gasteiger partial charge in [-0.15, -0.1) is 0 Å². The molecule has 1 N–H and O–H groups in total. The van der Waals surface area contributed by atoms with Crippen LogP contribution < -0.4 is 0 Å². The van der Waals surface area contributed by atoms with E-state index in [1.54, 1.807) is 0 Å². The molecule has 0 radical (unpaired) electrons. The third-order valence-electron chi connectivity index (χ3n) is 5.52. The molecule has 0 bridgehead atoms. The molecular weight excluding hydrogens is 250 g/mol. The van der Waals surface area contributed by atoms with E-state index in [9.17, 15) is 4.79 Å². The number of rotatable bonds is 5.